The number of ether oxygens (including phenoxy) is 3. The molecular weight excluding hydrogens is 424 g/mol. The summed E-state index contributed by atoms with van der Waals surface area (Å²) in [6.45, 7) is 1.50. The second-order valence-electron chi connectivity index (χ2n) is 7.01. The van der Waals surface area contributed by atoms with E-state index < -0.39 is 24.4 Å². The number of esters is 1. The summed E-state index contributed by atoms with van der Waals surface area (Å²) in [6.07, 6.45) is 0.0100. The van der Waals surface area contributed by atoms with Crippen LogP contribution in [0.4, 0.5) is 11.4 Å². The lowest BCUT2D eigenvalue weighted by atomic mass is 10.1. The number of hydrogen-bond donors (Lipinski definition) is 1. The smallest absolute Gasteiger partial charge is 0.311 e. The number of methoxy groups -OCH3 is 2. The van der Waals surface area contributed by atoms with Crippen molar-refractivity contribution in [2.75, 3.05) is 37.6 Å². The van der Waals surface area contributed by atoms with Crippen molar-refractivity contribution in [2.24, 2.45) is 5.92 Å². The highest BCUT2D eigenvalue weighted by Gasteiger charge is 2.37. The number of nitrogens with zero attached hydrogens (tertiary/aromatic N) is 1. The van der Waals surface area contributed by atoms with E-state index in [-0.39, 0.29) is 18.9 Å². The van der Waals surface area contributed by atoms with E-state index in [4.69, 9.17) is 25.8 Å². The number of carbonyl (C=O) groups excluding carboxylic acids is 3. The number of rotatable bonds is 7. The fourth-order valence-electron chi connectivity index (χ4n) is 3.34. The van der Waals surface area contributed by atoms with E-state index in [1.54, 1.807) is 36.4 Å². The van der Waals surface area contributed by atoms with Crippen molar-refractivity contribution in [1.82, 2.24) is 0 Å². The Morgan fingerprint density at radius 2 is 1.97 bits per heavy atom. The molecule has 0 aromatic heterocycles. The van der Waals surface area contributed by atoms with Crippen LogP contribution in [0.15, 0.2) is 36.4 Å². The first kappa shape index (κ1) is 22.4. The molecule has 1 fully saturated rings. The maximum Gasteiger partial charge on any atom is 0.311 e. The summed E-state index contributed by atoms with van der Waals surface area (Å²) in [4.78, 5) is 38.7. The Labute approximate surface area is 185 Å². The predicted molar refractivity (Wildman–Crippen MR) is 116 cm³/mol. The van der Waals surface area contributed by atoms with Gasteiger partial charge in [-0.25, -0.2) is 0 Å². The van der Waals surface area contributed by atoms with E-state index in [2.05, 4.69) is 5.32 Å². The maximum atomic E-state index is 12.4. The van der Waals surface area contributed by atoms with Crippen molar-refractivity contribution < 1.29 is 28.6 Å². The van der Waals surface area contributed by atoms with Crippen molar-refractivity contribution in [2.45, 2.75) is 13.3 Å². The Balaban J connectivity index is 1.58. The zero-order valence-corrected chi connectivity index (χ0v) is 18.2. The van der Waals surface area contributed by atoms with E-state index in [0.717, 1.165) is 5.56 Å². The van der Waals surface area contributed by atoms with E-state index >= 15 is 0 Å². The third-order valence-electron chi connectivity index (χ3n) is 5.01. The molecule has 3 rings (SSSR count). The molecule has 8 nitrogen and oxygen atoms in total. The minimum Gasteiger partial charge on any atom is -0.497 e. The molecule has 0 unspecified atom stereocenters. The third-order valence-corrected chi connectivity index (χ3v) is 5.42. The van der Waals surface area contributed by atoms with E-state index in [9.17, 15) is 14.4 Å². The van der Waals surface area contributed by atoms with Gasteiger partial charge in [0.15, 0.2) is 6.61 Å². The van der Waals surface area contributed by atoms with E-state index in [0.29, 0.717) is 27.9 Å². The molecule has 1 saturated heterocycles. The van der Waals surface area contributed by atoms with Crippen LogP contribution >= 0.6 is 11.6 Å². The Hall–Kier alpha value is -3.26. The number of nitrogens with one attached hydrogen (secondary N) is 1. The van der Waals surface area contributed by atoms with E-state index in [1.165, 1.54) is 19.1 Å². The molecule has 1 atom stereocenters. The standard InChI is InChI=1S/C22H23ClN2O6/c1-13-16(23)5-4-6-18(13)25-11-14(9-21(25)27)22(28)31-12-20(26)24-17-10-15(29-2)7-8-19(17)30-3/h4-8,10,14H,9,11-12H2,1-3H3,(H,24,26)/t14-/m1/s1. The summed E-state index contributed by atoms with van der Waals surface area (Å²) < 4.78 is 15.5. The van der Waals surface area contributed by atoms with Gasteiger partial charge < -0.3 is 24.4 Å². The van der Waals surface area contributed by atoms with Crippen LogP contribution in [0.2, 0.25) is 5.02 Å². The predicted octanol–water partition coefficient (Wildman–Crippen LogP) is 3.20. The molecule has 1 heterocycles. The molecule has 2 aromatic carbocycles. The Morgan fingerprint density at radius 3 is 2.68 bits per heavy atom. The molecule has 0 radical (unpaired) electrons. The monoisotopic (exact) mass is 446 g/mol. The number of anilines is 2. The van der Waals surface area contributed by atoms with Gasteiger partial charge in [-0.05, 0) is 36.8 Å². The highest BCUT2D eigenvalue weighted by atomic mass is 35.5. The largest absolute Gasteiger partial charge is 0.497 e. The van der Waals surface area contributed by atoms with Crippen LogP contribution in [0.5, 0.6) is 11.5 Å². The molecule has 164 valence electrons. The summed E-state index contributed by atoms with van der Waals surface area (Å²) in [7, 11) is 2.98. The summed E-state index contributed by atoms with van der Waals surface area (Å²) in [5.74, 6) is -1.03. The Kier molecular flexibility index (Phi) is 7.02. The van der Waals surface area contributed by atoms with Crippen LogP contribution in [0, 0.1) is 12.8 Å². The van der Waals surface area contributed by atoms with Crippen molar-refractivity contribution >= 4 is 40.8 Å². The van der Waals surface area contributed by atoms with Gasteiger partial charge in [0.25, 0.3) is 5.91 Å². The first-order chi connectivity index (χ1) is 14.8. The van der Waals surface area contributed by atoms with Gasteiger partial charge in [0.05, 0.1) is 25.8 Å². The zero-order chi connectivity index (χ0) is 22.5. The second kappa shape index (κ2) is 9.70. The SMILES string of the molecule is COc1ccc(OC)c(NC(=O)COC(=O)[C@@H]2CC(=O)N(c3cccc(Cl)c3C)C2)c1. The highest BCUT2D eigenvalue weighted by Crippen LogP contribution is 2.32. The topological polar surface area (TPSA) is 94.2 Å². The van der Waals surface area contributed by atoms with Crippen molar-refractivity contribution in [3.05, 3.63) is 47.0 Å². The van der Waals surface area contributed by atoms with Gasteiger partial charge >= 0.3 is 5.97 Å². The summed E-state index contributed by atoms with van der Waals surface area (Å²) in [5, 5.41) is 3.17. The van der Waals surface area contributed by atoms with Crippen molar-refractivity contribution in [1.29, 1.82) is 0 Å². The van der Waals surface area contributed by atoms with Crippen LogP contribution in [0.25, 0.3) is 0 Å². The molecule has 0 saturated carbocycles. The summed E-state index contributed by atoms with van der Waals surface area (Å²) in [6, 6.07) is 10.2. The molecule has 1 aliphatic heterocycles. The number of carbonyl (C=O) groups is 3. The van der Waals surface area contributed by atoms with Gasteiger partial charge in [-0.3, -0.25) is 14.4 Å². The lowest BCUT2D eigenvalue weighted by Gasteiger charge is -2.19. The Bertz CT molecular complexity index is 1010. The van der Waals surface area contributed by atoms with Gasteiger partial charge in [-0.2, -0.15) is 0 Å². The van der Waals surface area contributed by atoms with Crippen LogP contribution in [0.3, 0.4) is 0 Å². The quantitative estimate of drug-likeness (QED) is 0.656. The maximum absolute atomic E-state index is 12.4. The van der Waals surface area contributed by atoms with Crippen molar-refractivity contribution in [3.63, 3.8) is 0 Å². The number of benzene rings is 2. The van der Waals surface area contributed by atoms with Crippen LogP contribution in [0.1, 0.15) is 12.0 Å². The molecule has 2 amide bonds. The fraction of sp³-hybridized carbons (Fsp3) is 0.318. The van der Waals surface area contributed by atoms with Gasteiger partial charge in [-0.15, -0.1) is 0 Å². The molecule has 0 bridgehead atoms. The molecule has 9 heteroatoms. The number of halogens is 1. The minimum absolute atomic E-state index is 0.0100. The lowest BCUT2D eigenvalue weighted by molar-refractivity contribution is -0.151. The number of amides is 2. The summed E-state index contributed by atoms with van der Waals surface area (Å²) in [5.41, 5.74) is 1.82. The fourth-order valence-corrected chi connectivity index (χ4v) is 3.51. The molecule has 31 heavy (non-hydrogen) atoms. The van der Waals surface area contributed by atoms with Gasteiger partial charge in [0.2, 0.25) is 5.91 Å². The van der Waals surface area contributed by atoms with Crippen LogP contribution in [-0.4, -0.2) is 45.2 Å². The average molecular weight is 447 g/mol. The first-order valence-electron chi connectivity index (χ1n) is 9.58. The van der Waals surface area contributed by atoms with Gasteiger partial charge in [-0.1, -0.05) is 17.7 Å². The Morgan fingerprint density at radius 1 is 1.19 bits per heavy atom. The number of hydrogen-bond acceptors (Lipinski definition) is 6. The first-order valence-corrected chi connectivity index (χ1v) is 9.95. The molecule has 1 N–H and O–H groups in total. The van der Waals surface area contributed by atoms with Gasteiger partial charge in [0, 0.05) is 29.7 Å². The van der Waals surface area contributed by atoms with Crippen LogP contribution < -0.4 is 19.7 Å². The molecule has 2 aromatic rings. The minimum atomic E-state index is -0.662. The zero-order valence-electron chi connectivity index (χ0n) is 17.4. The van der Waals surface area contributed by atoms with E-state index in [1.807, 2.05) is 6.92 Å². The van der Waals surface area contributed by atoms with Crippen LogP contribution in [-0.2, 0) is 19.1 Å². The van der Waals surface area contributed by atoms with Crippen molar-refractivity contribution in [3.8, 4) is 11.5 Å². The van der Waals surface area contributed by atoms with Gasteiger partial charge in [0.1, 0.15) is 11.5 Å². The normalized spacial score (nSPS) is 15.5. The average Bonchev–Trinajstić information content (AvgIpc) is 3.15. The molecule has 0 aliphatic carbocycles. The third kappa shape index (κ3) is 5.08. The second-order valence-corrected chi connectivity index (χ2v) is 7.42. The molecular formula is C22H23ClN2O6. The molecule has 1 aliphatic rings. The summed E-state index contributed by atoms with van der Waals surface area (Å²) >= 11 is 6.14. The highest BCUT2D eigenvalue weighted by molar-refractivity contribution is 6.31. The molecule has 0 spiro atoms. The lowest BCUT2D eigenvalue weighted by Crippen LogP contribution is -2.28.